The highest BCUT2D eigenvalue weighted by Crippen LogP contribution is 2.26. The van der Waals surface area contributed by atoms with Crippen molar-refractivity contribution >= 4 is 62.5 Å². The summed E-state index contributed by atoms with van der Waals surface area (Å²) in [7, 11) is -2.50. The molecule has 0 bridgehead atoms. The summed E-state index contributed by atoms with van der Waals surface area (Å²) in [6.07, 6.45) is 3.01. The minimum absolute atomic E-state index is 0.0694. The number of sulfonamides is 1. The first-order valence-corrected chi connectivity index (χ1v) is 11.9. The molecule has 1 saturated heterocycles. The van der Waals surface area contributed by atoms with Gasteiger partial charge in [0, 0.05) is 47.7 Å². The van der Waals surface area contributed by atoms with Crippen LogP contribution in [0.5, 0.6) is 0 Å². The molecule has 7 nitrogen and oxygen atoms in total. The SMILES string of the molecule is COC(=O)c1csc(S(=O)(=O)N2CCN(C(=O)/C=C/c3ccc(Cl)cc3Cl)CC2)c1. The minimum atomic E-state index is -3.74. The minimum Gasteiger partial charge on any atom is -0.465 e. The van der Waals surface area contributed by atoms with Crippen molar-refractivity contribution in [1.82, 2.24) is 9.21 Å². The van der Waals surface area contributed by atoms with Crippen molar-refractivity contribution < 1.29 is 22.7 Å². The fourth-order valence-electron chi connectivity index (χ4n) is 2.86. The van der Waals surface area contributed by atoms with Gasteiger partial charge in [-0.05, 0) is 29.8 Å². The van der Waals surface area contributed by atoms with Crippen LogP contribution in [0.2, 0.25) is 10.0 Å². The van der Waals surface area contributed by atoms with Crippen molar-refractivity contribution in [2.45, 2.75) is 4.21 Å². The zero-order valence-electron chi connectivity index (χ0n) is 15.9. The zero-order valence-corrected chi connectivity index (χ0v) is 19.0. The number of piperazine rings is 1. The zero-order chi connectivity index (χ0) is 21.9. The Morgan fingerprint density at radius 3 is 2.47 bits per heavy atom. The number of ether oxygens (including phenoxy) is 1. The van der Waals surface area contributed by atoms with Crippen LogP contribution in [0.4, 0.5) is 0 Å². The molecule has 2 heterocycles. The lowest BCUT2D eigenvalue weighted by Crippen LogP contribution is -2.50. The Kier molecular flexibility index (Phi) is 7.20. The van der Waals surface area contributed by atoms with Crippen molar-refractivity contribution in [3.8, 4) is 0 Å². The van der Waals surface area contributed by atoms with E-state index in [1.807, 2.05) is 0 Å². The van der Waals surface area contributed by atoms with Crippen LogP contribution in [0.15, 0.2) is 39.9 Å². The molecule has 11 heteroatoms. The van der Waals surface area contributed by atoms with Crippen molar-refractivity contribution in [2.75, 3.05) is 33.3 Å². The van der Waals surface area contributed by atoms with Crippen molar-refractivity contribution in [3.63, 3.8) is 0 Å². The summed E-state index contributed by atoms with van der Waals surface area (Å²) in [6.45, 7) is 0.835. The lowest BCUT2D eigenvalue weighted by molar-refractivity contribution is -0.127. The fourth-order valence-corrected chi connectivity index (χ4v) is 6.05. The quantitative estimate of drug-likeness (QED) is 0.475. The molecule has 1 aliphatic rings. The molecule has 30 heavy (non-hydrogen) atoms. The molecule has 0 spiro atoms. The molecular formula is C19H18Cl2N2O5S2. The standard InChI is InChI=1S/C19H18Cl2N2O5S2/c1-28-19(25)14-10-18(29-12-14)30(26,27)23-8-6-22(7-9-23)17(24)5-3-13-2-4-15(20)11-16(13)21/h2-5,10-12H,6-9H2,1H3/b5-3+. The average Bonchev–Trinajstić information content (AvgIpc) is 3.23. The number of hydrogen-bond acceptors (Lipinski definition) is 6. The molecule has 1 amide bonds. The van der Waals surface area contributed by atoms with E-state index >= 15 is 0 Å². The maximum Gasteiger partial charge on any atom is 0.338 e. The molecule has 1 fully saturated rings. The molecular weight excluding hydrogens is 471 g/mol. The number of amides is 1. The van der Waals surface area contributed by atoms with Crippen LogP contribution in [-0.2, 0) is 19.6 Å². The monoisotopic (exact) mass is 488 g/mol. The van der Waals surface area contributed by atoms with Crippen molar-refractivity contribution in [1.29, 1.82) is 0 Å². The smallest absolute Gasteiger partial charge is 0.338 e. The van der Waals surface area contributed by atoms with Gasteiger partial charge in [0.15, 0.2) is 0 Å². The third-order valence-electron chi connectivity index (χ3n) is 4.51. The Hall–Kier alpha value is -1.91. The number of nitrogens with zero attached hydrogens (tertiary/aromatic N) is 2. The summed E-state index contributed by atoms with van der Waals surface area (Å²) < 4.78 is 31.6. The van der Waals surface area contributed by atoms with E-state index in [4.69, 9.17) is 23.2 Å². The number of carbonyl (C=O) groups is 2. The molecule has 160 valence electrons. The normalized spacial score (nSPS) is 15.5. The molecule has 0 unspecified atom stereocenters. The summed E-state index contributed by atoms with van der Waals surface area (Å²) >= 11 is 12.9. The van der Waals surface area contributed by atoms with Crippen LogP contribution in [0, 0.1) is 0 Å². The number of benzene rings is 1. The highest BCUT2D eigenvalue weighted by atomic mass is 35.5. The van der Waals surface area contributed by atoms with Gasteiger partial charge in [0.2, 0.25) is 5.91 Å². The highest BCUT2D eigenvalue weighted by Gasteiger charge is 2.31. The van der Waals surface area contributed by atoms with Crippen LogP contribution >= 0.6 is 34.5 Å². The van der Waals surface area contributed by atoms with E-state index in [9.17, 15) is 18.0 Å². The second-order valence-corrected chi connectivity index (χ2v) is 10.3. The predicted octanol–water partition coefficient (Wildman–Crippen LogP) is 3.39. The van der Waals surface area contributed by atoms with Crippen LogP contribution in [-0.4, -0.2) is 62.8 Å². The summed E-state index contributed by atoms with van der Waals surface area (Å²) in [5, 5.41) is 2.39. The number of methoxy groups -OCH3 is 1. The van der Waals surface area contributed by atoms with Crippen LogP contribution in [0.1, 0.15) is 15.9 Å². The molecule has 1 aromatic carbocycles. The van der Waals surface area contributed by atoms with Gasteiger partial charge in [-0.2, -0.15) is 4.31 Å². The highest BCUT2D eigenvalue weighted by molar-refractivity contribution is 7.91. The number of thiophene rings is 1. The van der Waals surface area contributed by atoms with Gasteiger partial charge in [0.1, 0.15) is 4.21 Å². The number of esters is 1. The van der Waals surface area contributed by atoms with Gasteiger partial charge in [0.25, 0.3) is 10.0 Å². The first-order valence-electron chi connectivity index (χ1n) is 8.81. The lowest BCUT2D eigenvalue weighted by Gasteiger charge is -2.33. The number of carbonyl (C=O) groups excluding carboxylic acids is 2. The third-order valence-corrected chi connectivity index (χ3v) is 8.39. The second kappa shape index (κ2) is 9.49. The summed E-state index contributed by atoms with van der Waals surface area (Å²) in [6, 6.07) is 6.29. The Labute approximate surface area is 188 Å². The van der Waals surface area contributed by atoms with E-state index in [1.165, 1.54) is 28.9 Å². The first-order chi connectivity index (χ1) is 14.2. The molecule has 1 aromatic heterocycles. The molecule has 0 saturated carbocycles. The van der Waals surface area contributed by atoms with Gasteiger partial charge in [-0.15, -0.1) is 11.3 Å². The maximum atomic E-state index is 12.8. The van der Waals surface area contributed by atoms with E-state index in [2.05, 4.69) is 4.74 Å². The molecule has 0 aliphatic carbocycles. The van der Waals surface area contributed by atoms with Gasteiger partial charge in [0.05, 0.1) is 12.7 Å². The van der Waals surface area contributed by atoms with E-state index in [0.717, 1.165) is 11.3 Å². The molecule has 1 aliphatic heterocycles. The Morgan fingerprint density at radius 2 is 1.83 bits per heavy atom. The Morgan fingerprint density at radius 1 is 1.13 bits per heavy atom. The largest absolute Gasteiger partial charge is 0.465 e. The molecule has 0 radical (unpaired) electrons. The van der Waals surface area contributed by atoms with Crippen LogP contribution in [0.3, 0.4) is 0 Å². The van der Waals surface area contributed by atoms with Crippen LogP contribution in [0.25, 0.3) is 6.08 Å². The Bertz CT molecular complexity index is 1090. The second-order valence-electron chi connectivity index (χ2n) is 6.37. The molecule has 0 atom stereocenters. The lowest BCUT2D eigenvalue weighted by atomic mass is 10.2. The average molecular weight is 489 g/mol. The van der Waals surface area contributed by atoms with Gasteiger partial charge in [-0.1, -0.05) is 29.3 Å². The van der Waals surface area contributed by atoms with E-state index < -0.39 is 16.0 Å². The first kappa shape index (κ1) is 22.8. The molecule has 0 N–H and O–H groups in total. The predicted molar refractivity (Wildman–Crippen MR) is 116 cm³/mol. The Balaban J connectivity index is 1.62. The number of hydrogen-bond donors (Lipinski definition) is 0. The van der Waals surface area contributed by atoms with Crippen LogP contribution < -0.4 is 0 Å². The topological polar surface area (TPSA) is 84.0 Å². The number of halogens is 2. The fraction of sp³-hybridized carbons (Fsp3) is 0.263. The van der Waals surface area contributed by atoms with E-state index in [1.54, 1.807) is 29.2 Å². The van der Waals surface area contributed by atoms with Gasteiger partial charge >= 0.3 is 5.97 Å². The third kappa shape index (κ3) is 5.04. The summed E-state index contributed by atoms with van der Waals surface area (Å²) in [5.41, 5.74) is 0.857. The maximum absolute atomic E-state index is 12.8. The van der Waals surface area contributed by atoms with E-state index in [-0.39, 0.29) is 41.9 Å². The molecule has 2 aromatic rings. The van der Waals surface area contributed by atoms with Gasteiger partial charge in [-0.25, -0.2) is 13.2 Å². The molecule has 3 rings (SSSR count). The summed E-state index contributed by atoms with van der Waals surface area (Å²) in [5.74, 6) is -0.821. The van der Waals surface area contributed by atoms with Crippen molar-refractivity contribution in [2.24, 2.45) is 0 Å². The number of rotatable bonds is 5. The van der Waals surface area contributed by atoms with Gasteiger partial charge < -0.3 is 9.64 Å². The summed E-state index contributed by atoms with van der Waals surface area (Å²) in [4.78, 5) is 25.6. The van der Waals surface area contributed by atoms with Gasteiger partial charge in [-0.3, -0.25) is 4.79 Å². The van der Waals surface area contributed by atoms with E-state index in [0.29, 0.717) is 15.6 Å². The van der Waals surface area contributed by atoms with Crippen molar-refractivity contribution in [3.05, 3.63) is 56.9 Å².